The van der Waals surface area contributed by atoms with Crippen molar-refractivity contribution in [2.75, 3.05) is 11.9 Å². The largest absolute Gasteiger partial charge is 0.338 e. The van der Waals surface area contributed by atoms with Gasteiger partial charge in [-0.25, -0.2) is 41.9 Å². The van der Waals surface area contributed by atoms with Crippen molar-refractivity contribution < 1.29 is 21.6 Å². The number of carbonyl (C=O) groups excluding carboxylic acids is 1. The highest BCUT2D eigenvalue weighted by Crippen LogP contribution is 2.41. The summed E-state index contributed by atoms with van der Waals surface area (Å²) in [5.74, 6) is -0.336. The van der Waals surface area contributed by atoms with Crippen molar-refractivity contribution in [2.24, 2.45) is 10.3 Å². The van der Waals surface area contributed by atoms with Gasteiger partial charge in [-0.2, -0.15) is 0 Å². The number of anilines is 1. The number of rotatable bonds is 7. The average molecular weight is 561 g/mol. The van der Waals surface area contributed by atoms with Gasteiger partial charge in [0, 0.05) is 53.4 Å². The van der Waals surface area contributed by atoms with Crippen LogP contribution >= 0.6 is 11.3 Å². The van der Waals surface area contributed by atoms with Gasteiger partial charge in [-0.1, -0.05) is 6.07 Å². The molecule has 0 aliphatic heterocycles. The predicted molar refractivity (Wildman–Crippen MR) is 137 cm³/mol. The average Bonchev–Trinajstić information content (AvgIpc) is 3.33. The van der Waals surface area contributed by atoms with Gasteiger partial charge in [0.15, 0.2) is 5.82 Å². The fourth-order valence-electron chi connectivity index (χ4n) is 3.34. The molecule has 4 heterocycles. The zero-order chi connectivity index (χ0) is 26.8. The summed E-state index contributed by atoms with van der Waals surface area (Å²) in [5.41, 5.74) is 1.31. The van der Waals surface area contributed by atoms with Crippen LogP contribution in [0, 0.1) is 0 Å². The summed E-state index contributed by atoms with van der Waals surface area (Å²) >= 11 is 1.09. The fourth-order valence-corrected chi connectivity index (χ4v) is 5.65. The molecule has 192 valence electrons. The molecule has 16 heteroatoms. The molecule has 0 radical (unpaired) electrons. The van der Waals surface area contributed by atoms with E-state index in [-0.39, 0.29) is 39.0 Å². The van der Waals surface area contributed by atoms with Crippen LogP contribution in [0.25, 0.3) is 33.1 Å². The molecule has 37 heavy (non-hydrogen) atoms. The Morgan fingerprint density at radius 3 is 2.46 bits per heavy atom. The van der Waals surface area contributed by atoms with Gasteiger partial charge in [0.05, 0.1) is 5.69 Å². The number of pyridine rings is 3. The third kappa shape index (κ3) is 5.78. The van der Waals surface area contributed by atoms with E-state index >= 15 is 0 Å². The molecule has 0 aliphatic rings. The number of thiazole rings is 1. The number of carbonyl (C=O) groups is 1. The Balaban J connectivity index is 2.03. The third-order valence-electron chi connectivity index (χ3n) is 4.89. The number of nitrogens with one attached hydrogen (secondary N) is 2. The highest BCUT2D eigenvalue weighted by atomic mass is 32.2. The van der Waals surface area contributed by atoms with Crippen molar-refractivity contribution in [3.8, 4) is 33.1 Å². The monoisotopic (exact) mass is 560 g/mol. The second-order valence-electron chi connectivity index (χ2n) is 7.46. The lowest BCUT2D eigenvalue weighted by molar-refractivity contribution is 0.252. The second kappa shape index (κ2) is 10.3. The van der Waals surface area contributed by atoms with Gasteiger partial charge in [0.2, 0.25) is 20.0 Å². The molecule has 4 aromatic rings. The normalized spacial score (nSPS) is 11.8. The number of hydrogen-bond donors (Lipinski definition) is 4. The number of nitrogens with zero attached hydrogens (tertiary/aromatic N) is 4. The smallest absolute Gasteiger partial charge is 0.320 e. The van der Waals surface area contributed by atoms with E-state index in [9.17, 15) is 21.6 Å². The Morgan fingerprint density at radius 1 is 1.03 bits per heavy atom. The van der Waals surface area contributed by atoms with Crippen LogP contribution in [0.5, 0.6) is 0 Å². The summed E-state index contributed by atoms with van der Waals surface area (Å²) in [6.45, 7) is 1.95. The quantitative estimate of drug-likeness (QED) is 0.259. The van der Waals surface area contributed by atoms with E-state index in [1.165, 1.54) is 18.5 Å². The molecule has 0 fully saturated rings. The van der Waals surface area contributed by atoms with Crippen molar-refractivity contribution in [1.29, 1.82) is 0 Å². The lowest BCUT2D eigenvalue weighted by Gasteiger charge is -2.16. The first-order valence-corrected chi connectivity index (χ1v) is 14.4. The van der Waals surface area contributed by atoms with Gasteiger partial charge in [-0.15, -0.1) is 11.3 Å². The molecular weight excluding hydrogens is 540 g/mol. The number of urea groups is 1. The Kier molecular flexibility index (Phi) is 7.28. The lowest BCUT2D eigenvalue weighted by atomic mass is 10.0. The minimum atomic E-state index is -4.51. The Labute approximate surface area is 216 Å². The first kappa shape index (κ1) is 26.2. The van der Waals surface area contributed by atoms with Crippen LogP contribution in [0.3, 0.4) is 0 Å². The minimum absolute atomic E-state index is 0.00940. The van der Waals surface area contributed by atoms with Crippen molar-refractivity contribution in [2.45, 2.75) is 16.7 Å². The first-order chi connectivity index (χ1) is 17.5. The van der Waals surface area contributed by atoms with Crippen LogP contribution < -0.4 is 20.9 Å². The molecule has 0 atom stereocenters. The van der Waals surface area contributed by atoms with E-state index in [2.05, 4.69) is 30.6 Å². The Hall–Kier alpha value is -3.83. The molecule has 13 nitrogen and oxygen atoms in total. The van der Waals surface area contributed by atoms with Crippen molar-refractivity contribution in [3.63, 3.8) is 0 Å². The lowest BCUT2D eigenvalue weighted by Crippen LogP contribution is -2.30. The summed E-state index contributed by atoms with van der Waals surface area (Å²) in [5, 5.41) is 17.6. The summed E-state index contributed by atoms with van der Waals surface area (Å²) in [6.07, 6.45) is 5.21. The number of hydrogen-bond acceptors (Lipinski definition) is 10. The molecule has 0 spiro atoms. The van der Waals surface area contributed by atoms with Crippen molar-refractivity contribution in [1.82, 2.24) is 25.3 Å². The van der Waals surface area contributed by atoms with Crippen LogP contribution in [0.15, 0.2) is 64.2 Å². The van der Waals surface area contributed by atoms with Crippen LogP contribution in [0.1, 0.15) is 6.92 Å². The van der Waals surface area contributed by atoms with E-state index in [1.54, 1.807) is 36.7 Å². The zero-order valence-electron chi connectivity index (χ0n) is 19.1. The summed E-state index contributed by atoms with van der Waals surface area (Å²) < 4.78 is 49.6. The summed E-state index contributed by atoms with van der Waals surface area (Å²) in [7, 11) is -8.64. The van der Waals surface area contributed by atoms with E-state index in [0.29, 0.717) is 11.4 Å². The molecule has 0 bridgehead atoms. The van der Waals surface area contributed by atoms with E-state index < -0.39 is 31.0 Å². The Bertz CT molecular complexity index is 1690. The van der Waals surface area contributed by atoms with Crippen molar-refractivity contribution >= 4 is 43.2 Å². The molecular formula is C21H20N8O5S3. The van der Waals surface area contributed by atoms with Gasteiger partial charge < -0.3 is 5.32 Å². The fraction of sp³-hybridized carbons (Fsp3) is 0.0952. The molecule has 4 rings (SSSR count). The zero-order valence-corrected chi connectivity index (χ0v) is 21.6. The SMILES string of the molecule is CCNC(=O)Nc1ncc(-c2cncc(S(N)(=O)=O)c2)c(-c2nc(-c3ccccn3)cs2)c1S(N)(=O)=O. The number of aromatic nitrogens is 4. The molecule has 2 amide bonds. The van der Waals surface area contributed by atoms with Crippen molar-refractivity contribution in [3.05, 3.63) is 54.4 Å². The highest BCUT2D eigenvalue weighted by molar-refractivity contribution is 7.89. The second-order valence-corrected chi connectivity index (χ2v) is 11.4. The van der Waals surface area contributed by atoms with Gasteiger partial charge >= 0.3 is 6.03 Å². The molecule has 4 aromatic heterocycles. The molecule has 0 saturated heterocycles. The van der Waals surface area contributed by atoms with Gasteiger partial charge in [-0.3, -0.25) is 15.3 Å². The van der Waals surface area contributed by atoms with Crippen LogP contribution in [0.4, 0.5) is 10.6 Å². The Morgan fingerprint density at radius 2 is 1.81 bits per heavy atom. The molecule has 0 aliphatic carbocycles. The third-order valence-corrected chi connectivity index (χ3v) is 7.59. The molecule has 0 saturated carbocycles. The maximum Gasteiger partial charge on any atom is 0.320 e. The summed E-state index contributed by atoms with van der Waals surface area (Å²) in [4.78, 5) is 28.3. The maximum atomic E-state index is 12.9. The molecule has 0 unspecified atom stereocenters. The van der Waals surface area contributed by atoms with Crippen LogP contribution in [-0.4, -0.2) is 49.3 Å². The number of nitrogens with two attached hydrogens (primary N) is 2. The van der Waals surface area contributed by atoms with E-state index in [0.717, 1.165) is 17.5 Å². The van der Waals surface area contributed by atoms with E-state index in [1.807, 2.05) is 0 Å². The number of primary sulfonamides is 2. The van der Waals surface area contributed by atoms with Crippen LogP contribution in [-0.2, 0) is 20.0 Å². The first-order valence-electron chi connectivity index (χ1n) is 10.4. The molecule has 6 N–H and O–H groups in total. The number of sulfonamides is 2. The predicted octanol–water partition coefficient (Wildman–Crippen LogP) is 1.77. The van der Waals surface area contributed by atoms with E-state index in [4.69, 9.17) is 10.3 Å². The van der Waals surface area contributed by atoms with Gasteiger partial charge in [0.25, 0.3) is 0 Å². The standard InChI is InChI=1S/C21H20N8O5S3/c1-2-25-21(30)29-19-18(37(23,33)34)17(20-28-16(11-35-20)15-5-3-4-6-26-15)14(10-27-19)12-7-13(9-24-8-12)36(22,31)32/h3-11H,2H2,1H3,(H2,22,31,32)(H2,23,33,34)(H2,25,27,29,30). The summed E-state index contributed by atoms with van der Waals surface area (Å²) in [6, 6.07) is 5.76. The minimum Gasteiger partial charge on any atom is -0.338 e. The molecule has 0 aromatic carbocycles. The number of amides is 2. The van der Waals surface area contributed by atoms with Gasteiger partial charge in [-0.05, 0) is 25.1 Å². The van der Waals surface area contributed by atoms with Crippen LogP contribution in [0.2, 0.25) is 0 Å². The highest BCUT2D eigenvalue weighted by Gasteiger charge is 2.29. The topological polar surface area (TPSA) is 213 Å². The van der Waals surface area contributed by atoms with Gasteiger partial charge in [0.1, 0.15) is 20.5 Å². The maximum absolute atomic E-state index is 12.9.